The molecular weight excluding hydrogens is 352 g/mol. The molecule has 4 N–H and O–H groups in total. The number of carbonyl (C=O) groups excluding carboxylic acids is 2. The van der Waals surface area contributed by atoms with Crippen molar-refractivity contribution in [3.63, 3.8) is 0 Å². The molecule has 0 aliphatic carbocycles. The van der Waals surface area contributed by atoms with Crippen LogP contribution in [0.4, 0.5) is 11.4 Å². The number of nitrogens with one attached hydrogen (secondary N) is 4. The molecule has 6 heteroatoms. The molecule has 28 heavy (non-hydrogen) atoms. The number of benzene rings is 2. The Hall–Kier alpha value is -2.70. The standard InChI is InChI=1S/C22H28N4O2/c1-2-18-8-6-7-11-20(18)24-22(28)17-26-14-12-25(13-15-26)16-21(27)23-19-9-4-3-5-10-19/h3-11H,2,12-17H2,1H3,(H,23,27)(H,24,28)/p+2. The molecule has 0 saturated carbocycles. The first-order chi connectivity index (χ1) is 13.6. The van der Waals surface area contributed by atoms with E-state index in [0.717, 1.165) is 49.5 Å². The molecule has 0 bridgehead atoms. The Morgan fingerprint density at radius 3 is 1.93 bits per heavy atom. The lowest BCUT2D eigenvalue weighted by Gasteiger charge is -2.29. The molecule has 2 aromatic carbocycles. The van der Waals surface area contributed by atoms with Crippen LogP contribution in [0.25, 0.3) is 0 Å². The number of hydrogen-bond donors (Lipinski definition) is 4. The molecular formula is C22H30N4O2+2. The van der Waals surface area contributed by atoms with E-state index in [1.165, 1.54) is 9.80 Å². The largest absolute Gasteiger partial charge is 0.321 e. The van der Waals surface area contributed by atoms with Crippen LogP contribution in [0.2, 0.25) is 0 Å². The van der Waals surface area contributed by atoms with Gasteiger partial charge in [0.1, 0.15) is 26.2 Å². The Morgan fingerprint density at radius 1 is 0.786 bits per heavy atom. The molecule has 1 saturated heterocycles. The lowest BCUT2D eigenvalue weighted by atomic mass is 10.1. The highest BCUT2D eigenvalue weighted by Gasteiger charge is 2.26. The number of carbonyl (C=O) groups is 2. The second kappa shape index (κ2) is 10.0. The third-order valence-electron chi connectivity index (χ3n) is 5.22. The van der Waals surface area contributed by atoms with Gasteiger partial charge in [0, 0.05) is 11.4 Å². The summed E-state index contributed by atoms with van der Waals surface area (Å²) in [5.74, 6) is 0.0970. The fourth-order valence-electron chi connectivity index (χ4n) is 3.64. The molecule has 0 atom stereocenters. The van der Waals surface area contributed by atoms with Crippen LogP contribution in [0, 0.1) is 0 Å². The fraction of sp³-hybridized carbons (Fsp3) is 0.364. The lowest BCUT2D eigenvalue weighted by molar-refractivity contribution is -1.00. The van der Waals surface area contributed by atoms with Crippen molar-refractivity contribution in [3.8, 4) is 0 Å². The minimum Gasteiger partial charge on any atom is -0.321 e. The predicted octanol–water partition coefficient (Wildman–Crippen LogP) is -0.390. The van der Waals surface area contributed by atoms with Gasteiger partial charge < -0.3 is 20.4 Å². The Labute approximate surface area is 166 Å². The molecule has 148 valence electrons. The summed E-state index contributed by atoms with van der Waals surface area (Å²) in [4.78, 5) is 27.2. The van der Waals surface area contributed by atoms with Gasteiger partial charge >= 0.3 is 0 Å². The average molecular weight is 383 g/mol. The van der Waals surface area contributed by atoms with Crippen LogP contribution in [0.5, 0.6) is 0 Å². The maximum atomic E-state index is 12.4. The molecule has 2 amide bonds. The molecule has 0 unspecified atom stereocenters. The number of quaternary nitrogens is 2. The van der Waals surface area contributed by atoms with Crippen LogP contribution in [-0.2, 0) is 16.0 Å². The van der Waals surface area contributed by atoms with Crippen molar-refractivity contribution < 1.29 is 19.4 Å². The first kappa shape index (κ1) is 20.0. The van der Waals surface area contributed by atoms with Crippen LogP contribution in [0.15, 0.2) is 54.6 Å². The van der Waals surface area contributed by atoms with E-state index in [1.54, 1.807) is 0 Å². The molecule has 0 aromatic heterocycles. The van der Waals surface area contributed by atoms with E-state index >= 15 is 0 Å². The number of aryl methyl sites for hydroxylation is 1. The predicted molar refractivity (Wildman–Crippen MR) is 111 cm³/mol. The van der Waals surface area contributed by atoms with Crippen molar-refractivity contribution in [2.24, 2.45) is 0 Å². The molecule has 1 fully saturated rings. The van der Waals surface area contributed by atoms with Gasteiger partial charge in [-0.1, -0.05) is 43.3 Å². The topological polar surface area (TPSA) is 67.1 Å². The van der Waals surface area contributed by atoms with Gasteiger partial charge in [-0.2, -0.15) is 0 Å². The first-order valence-electron chi connectivity index (χ1n) is 10.0. The summed E-state index contributed by atoms with van der Waals surface area (Å²) < 4.78 is 0. The van der Waals surface area contributed by atoms with Crippen LogP contribution >= 0.6 is 0 Å². The summed E-state index contributed by atoms with van der Waals surface area (Å²) in [5.41, 5.74) is 2.90. The van der Waals surface area contributed by atoms with Crippen molar-refractivity contribution in [3.05, 3.63) is 60.2 Å². The molecule has 6 nitrogen and oxygen atoms in total. The van der Waals surface area contributed by atoms with Gasteiger partial charge in [0.2, 0.25) is 0 Å². The zero-order chi connectivity index (χ0) is 19.8. The van der Waals surface area contributed by atoms with Crippen molar-refractivity contribution in [1.29, 1.82) is 0 Å². The number of piperazine rings is 1. The van der Waals surface area contributed by atoms with Crippen molar-refractivity contribution >= 4 is 23.2 Å². The molecule has 2 aromatic rings. The Bertz CT molecular complexity index is 786. The average Bonchev–Trinajstić information content (AvgIpc) is 2.70. The smallest absolute Gasteiger partial charge is 0.279 e. The van der Waals surface area contributed by atoms with E-state index in [-0.39, 0.29) is 11.8 Å². The SMILES string of the molecule is CCc1ccccc1NC(=O)C[NH+]1CC[NH+](CC(=O)Nc2ccccc2)CC1. The summed E-state index contributed by atoms with van der Waals surface area (Å²) in [7, 11) is 0. The highest BCUT2D eigenvalue weighted by atomic mass is 16.2. The highest BCUT2D eigenvalue weighted by molar-refractivity contribution is 5.92. The Morgan fingerprint density at radius 2 is 1.32 bits per heavy atom. The summed E-state index contributed by atoms with van der Waals surface area (Å²) >= 11 is 0. The van der Waals surface area contributed by atoms with Gasteiger partial charge in [0.15, 0.2) is 13.1 Å². The van der Waals surface area contributed by atoms with Crippen LogP contribution < -0.4 is 20.4 Å². The van der Waals surface area contributed by atoms with Gasteiger partial charge in [0.05, 0.1) is 0 Å². The summed E-state index contributed by atoms with van der Waals surface area (Å²) in [5, 5.41) is 5.99. The van der Waals surface area contributed by atoms with Gasteiger partial charge in [-0.3, -0.25) is 9.59 Å². The van der Waals surface area contributed by atoms with Gasteiger partial charge in [-0.15, -0.1) is 0 Å². The highest BCUT2D eigenvalue weighted by Crippen LogP contribution is 2.14. The van der Waals surface area contributed by atoms with Gasteiger partial charge in [-0.25, -0.2) is 0 Å². The minimum atomic E-state index is 0.0403. The fourth-order valence-corrected chi connectivity index (χ4v) is 3.64. The number of rotatable bonds is 7. The third kappa shape index (κ3) is 5.90. The zero-order valence-corrected chi connectivity index (χ0v) is 16.5. The number of hydrogen-bond acceptors (Lipinski definition) is 2. The summed E-state index contributed by atoms with van der Waals surface area (Å²) in [6.45, 7) is 6.63. The van der Waals surface area contributed by atoms with E-state index in [4.69, 9.17) is 0 Å². The second-order valence-corrected chi connectivity index (χ2v) is 7.33. The normalized spacial score (nSPS) is 19.0. The Balaban J connectivity index is 1.40. The number of para-hydroxylation sites is 2. The van der Waals surface area contributed by atoms with Crippen molar-refractivity contribution in [2.75, 3.05) is 49.9 Å². The van der Waals surface area contributed by atoms with Crippen LogP contribution in [0.1, 0.15) is 12.5 Å². The van der Waals surface area contributed by atoms with Crippen LogP contribution in [-0.4, -0.2) is 51.1 Å². The van der Waals surface area contributed by atoms with Crippen molar-refractivity contribution in [1.82, 2.24) is 0 Å². The van der Waals surface area contributed by atoms with E-state index in [1.807, 2.05) is 54.6 Å². The zero-order valence-electron chi connectivity index (χ0n) is 16.5. The van der Waals surface area contributed by atoms with E-state index in [0.29, 0.717) is 13.1 Å². The van der Waals surface area contributed by atoms with E-state index in [9.17, 15) is 9.59 Å². The summed E-state index contributed by atoms with van der Waals surface area (Å²) in [6, 6.07) is 17.5. The molecule has 0 spiro atoms. The molecule has 1 aliphatic heterocycles. The van der Waals surface area contributed by atoms with E-state index in [2.05, 4.69) is 17.6 Å². The lowest BCUT2D eigenvalue weighted by Crippen LogP contribution is -3.28. The summed E-state index contributed by atoms with van der Waals surface area (Å²) in [6.07, 6.45) is 0.899. The van der Waals surface area contributed by atoms with Crippen molar-refractivity contribution in [2.45, 2.75) is 13.3 Å². The molecule has 0 radical (unpaired) electrons. The van der Waals surface area contributed by atoms with E-state index < -0.39 is 0 Å². The monoisotopic (exact) mass is 382 g/mol. The number of amides is 2. The molecule has 3 rings (SSSR count). The van der Waals surface area contributed by atoms with Gasteiger partial charge in [0.25, 0.3) is 11.8 Å². The maximum absolute atomic E-state index is 12.4. The second-order valence-electron chi connectivity index (χ2n) is 7.33. The van der Waals surface area contributed by atoms with Gasteiger partial charge in [-0.05, 0) is 30.2 Å². The maximum Gasteiger partial charge on any atom is 0.279 e. The quantitative estimate of drug-likeness (QED) is 0.527. The third-order valence-corrected chi connectivity index (χ3v) is 5.22. The first-order valence-corrected chi connectivity index (χ1v) is 10.0. The molecule has 1 heterocycles. The Kier molecular flexibility index (Phi) is 7.17. The minimum absolute atomic E-state index is 0.0403. The molecule has 1 aliphatic rings. The number of anilines is 2. The van der Waals surface area contributed by atoms with Crippen LogP contribution in [0.3, 0.4) is 0 Å².